The summed E-state index contributed by atoms with van der Waals surface area (Å²) in [6.45, 7) is 0. The second kappa shape index (κ2) is 5.85. The summed E-state index contributed by atoms with van der Waals surface area (Å²) in [5, 5.41) is 11.4. The first-order valence-corrected chi connectivity index (χ1v) is 6.86. The third-order valence-electron chi connectivity index (χ3n) is 3.62. The van der Waals surface area contributed by atoms with E-state index in [1.807, 2.05) is 54.6 Å². The molecule has 21 heavy (non-hydrogen) atoms. The maximum Gasteiger partial charge on any atom is 0.119 e. The Labute approximate surface area is 124 Å². The van der Waals surface area contributed by atoms with Gasteiger partial charge in [-0.2, -0.15) is 0 Å². The molecule has 3 nitrogen and oxygen atoms in total. The predicted molar refractivity (Wildman–Crippen MR) is 81.6 cm³/mol. The van der Waals surface area contributed by atoms with E-state index in [0.29, 0.717) is 6.42 Å². The third kappa shape index (κ3) is 2.83. The largest absolute Gasteiger partial charge is 0.380 e. The van der Waals surface area contributed by atoms with Gasteiger partial charge in [0, 0.05) is 31.2 Å². The molecule has 0 aliphatic carbocycles. The number of aliphatic hydroxyl groups is 1. The van der Waals surface area contributed by atoms with Crippen molar-refractivity contribution in [2.75, 3.05) is 0 Å². The lowest BCUT2D eigenvalue weighted by molar-refractivity contribution is 0.0810. The van der Waals surface area contributed by atoms with Gasteiger partial charge in [-0.3, -0.25) is 9.97 Å². The van der Waals surface area contributed by atoms with Crippen molar-refractivity contribution in [3.05, 3.63) is 96.1 Å². The van der Waals surface area contributed by atoms with Crippen LogP contribution in [0.4, 0.5) is 0 Å². The van der Waals surface area contributed by atoms with Crippen molar-refractivity contribution in [3.63, 3.8) is 0 Å². The number of nitrogens with zero attached hydrogens (tertiary/aromatic N) is 2. The molecule has 0 aliphatic heterocycles. The van der Waals surface area contributed by atoms with Gasteiger partial charge in [0.1, 0.15) is 5.60 Å². The van der Waals surface area contributed by atoms with Crippen molar-refractivity contribution >= 4 is 0 Å². The monoisotopic (exact) mass is 276 g/mol. The molecule has 0 aliphatic rings. The fourth-order valence-electron chi connectivity index (χ4n) is 2.51. The lowest BCUT2D eigenvalue weighted by atomic mass is 9.82. The summed E-state index contributed by atoms with van der Waals surface area (Å²) in [6.07, 6.45) is 7.38. The molecule has 0 amide bonds. The van der Waals surface area contributed by atoms with Gasteiger partial charge in [-0.25, -0.2) is 0 Å². The smallest absolute Gasteiger partial charge is 0.119 e. The molecule has 1 aromatic carbocycles. The first-order valence-electron chi connectivity index (χ1n) is 6.86. The van der Waals surface area contributed by atoms with E-state index in [0.717, 1.165) is 16.7 Å². The first-order chi connectivity index (χ1) is 10.3. The Bertz CT molecular complexity index is 645. The molecule has 104 valence electrons. The van der Waals surface area contributed by atoms with Gasteiger partial charge in [0.15, 0.2) is 0 Å². The van der Waals surface area contributed by atoms with Crippen LogP contribution in [0.3, 0.4) is 0 Å². The van der Waals surface area contributed by atoms with Crippen LogP contribution in [-0.2, 0) is 12.0 Å². The van der Waals surface area contributed by atoms with Gasteiger partial charge in [0.2, 0.25) is 0 Å². The van der Waals surface area contributed by atoms with Gasteiger partial charge in [-0.05, 0) is 41.0 Å². The van der Waals surface area contributed by atoms with Crippen molar-refractivity contribution in [2.45, 2.75) is 12.0 Å². The molecule has 1 N–H and O–H groups in total. The Hall–Kier alpha value is -2.52. The van der Waals surface area contributed by atoms with Crippen molar-refractivity contribution in [3.8, 4) is 0 Å². The molecule has 2 aromatic heterocycles. The van der Waals surface area contributed by atoms with E-state index in [9.17, 15) is 5.11 Å². The SMILES string of the molecule is OC(Cc1ccncc1)(c1ccccc1)c1ccncc1. The van der Waals surface area contributed by atoms with Crippen molar-refractivity contribution in [1.82, 2.24) is 9.97 Å². The lowest BCUT2D eigenvalue weighted by Gasteiger charge is -2.29. The quantitative estimate of drug-likeness (QED) is 0.797. The minimum Gasteiger partial charge on any atom is -0.380 e. The van der Waals surface area contributed by atoms with Crippen LogP contribution in [0, 0.1) is 0 Å². The molecule has 0 saturated heterocycles. The number of hydrogen-bond acceptors (Lipinski definition) is 3. The topological polar surface area (TPSA) is 46.0 Å². The van der Waals surface area contributed by atoms with Crippen LogP contribution in [0.5, 0.6) is 0 Å². The summed E-state index contributed by atoms with van der Waals surface area (Å²) >= 11 is 0. The number of pyridine rings is 2. The van der Waals surface area contributed by atoms with E-state index in [2.05, 4.69) is 9.97 Å². The summed E-state index contributed by atoms with van der Waals surface area (Å²) in [6, 6.07) is 17.3. The molecular weight excluding hydrogens is 260 g/mol. The highest BCUT2D eigenvalue weighted by Gasteiger charge is 2.31. The van der Waals surface area contributed by atoms with E-state index in [1.165, 1.54) is 0 Å². The van der Waals surface area contributed by atoms with Crippen LogP contribution in [0.25, 0.3) is 0 Å². The van der Waals surface area contributed by atoms with Gasteiger partial charge in [0.05, 0.1) is 0 Å². The first kappa shape index (κ1) is 13.5. The Balaban J connectivity index is 2.07. The molecule has 2 heterocycles. The van der Waals surface area contributed by atoms with E-state index < -0.39 is 5.60 Å². The second-order valence-corrected chi connectivity index (χ2v) is 4.99. The average Bonchev–Trinajstić information content (AvgIpc) is 2.57. The van der Waals surface area contributed by atoms with Gasteiger partial charge in [0.25, 0.3) is 0 Å². The third-order valence-corrected chi connectivity index (χ3v) is 3.62. The van der Waals surface area contributed by atoms with Crippen LogP contribution >= 0.6 is 0 Å². The van der Waals surface area contributed by atoms with Crippen LogP contribution in [0.2, 0.25) is 0 Å². The summed E-state index contributed by atoms with van der Waals surface area (Å²) in [5.41, 5.74) is 1.66. The second-order valence-electron chi connectivity index (χ2n) is 4.99. The highest BCUT2D eigenvalue weighted by Crippen LogP contribution is 2.32. The zero-order valence-corrected chi connectivity index (χ0v) is 11.6. The predicted octanol–water partition coefficient (Wildman–Crippen LogP) is 2.96. The summed E-state index contributed by atoms with van der Waals surface area (Å²) in [7, 11) is 0. The Kier molecular flexibility index (Phi) is 3.75. The van der Waals surface area contributed by atoms with E-state index in [-0.39, 0.29) is 0 Å². The molecule has 1 atom stereocenters. The maximum atomic E-state index is 11.4. The maximum absolute atomic E-state index is 11.4. The zero-order chi connectivity index (χ0) is 14.5. The molecule has 0 bridgehead atoms. The molecule has 0 fully saturated rings. The number of rotatable bonds is 4. The minimum atomic E-state index is -1.08. The highest BCUT2D eigenvalue weighted by molar-refractivity contribution is 5.37. The Morgan fingerprint density at radius 3 is 1.86 bits per heavy atom. The fraction of sp³-hybridized carbons (Fsp3) is 0.111. The molecule has 0 saturated carbocycles. The van der Waals surface area contributed by atoms with Crippen LogP contribution in [0.15, 0.2) is 79.4 Å². The molecule has 3 heteroatoms. The molecule has 0 spiro atoms. The van der Waals surface area contributed by atoms with Gasteiger partial charge in [-0.15, -0.1) is 0 Å². The van der Waals surface area contributed by atoms with Crippen molar-refractivity contribution in [2.24, 2.45) is 0 Å². The lowest BCUT2D eigenvalue weighted by Crippen LogP contribution is -2.30. The number of aromatic nitrogens is 2. The van der Waals surface area contributed by atoms with Gasteiger partial charge >= 0.3 is 0 Å². The zero-order valence-electron chi connectivity index (χ0n) is 11.6. The molecule has 3 rings (SSSR count). The Morgan fingerprint density at radius 2 is 1.24 bits per heavy atom. The molecule has 1 unspecified atom stereocenters. The highest BCUT2D eigenvalue weighted by atomic mass is 16.3. The van der Waals surface area contributed by atoms with Crippen molar-refractivity contribution < 1.29 is 5.11 Å². The fourth-order valence-corrected chi connectivity index (χ4v) is 2.51. The van der Waals surface area contributed by atoms with E-state index in [1.54, 1.807) is 24.8 Å². The summed E-state index contributed by atoms with van der Waals surface area (Å²) < 4.78 is 0. The number of hydrogen-bond donors (Lipinski definition) is 1. The van der Waals surface area contributed by atoms with E-state index >= 15 is 0 Å². The van der Waals surface area contributed by atoms with Crippen molar-refractivity contribution in [1.29, 1.82) is 0 Å². The standard InChI is InChI=1S/C18H16N2O/c21-18(16-4-2-1-3-5-16,17-8-12-20-13-9-17)14-15-6-10-19-11-7-15/h1-13,21H,14H2. The van der Waals surface area contributed by atoms with Gasteiger partial charge in [-0.1, -0.05) is 30.3 Å². The van der Waals surface area contributed by atoms with E-state index in [4.69, 9.17) is 0 Å². The minimum absolute atomic E-state index is 0.490. The van der Waals surface area contributed by atoms with Crippen LogP contribution in [-0.4, -0.2) is 15.1 Å². The van der Waals surface area contributed by atoms with Gasteiger partial charge < -0.3 is 5.11 Å². The van der Waals surface area contributed by atoms with Crippen LogP contribution in [0.1, 0.15) is 16.7 Å². The summed E-state index contributed by atoms with van der Waals surface area (Å²) in [4.78, 5) is 8.07. The molecule has 3 aromatic rings. The Morgan fingerprint density at radius 1 is 0.714 bits per heavy atom. The molecular formula is C18H16N2O. The average molecular weight is 276 g/mol. The summed E-state index contributed by atoms with van der Waals surface area (Å²) in [5.74, 6) is 0. The normalized spacial score (nSPS) is 13.6. The molecule has 0 radical (unpaired) electrons. The number of benzene rings is 1. The van der Waals surface area contributed by atoms with Crippen LogP contribution < -0.4 is 0 Å².